The highest BCUT2D eigenvalue weighted by molar-refractivity contribution is 6.02. The van der Waals surface area contributed by atoms with E-state index in [0.29, 0.717) is 12.1 Å². The van der Waals surface area contributed by atoms with Crippen molar-refractivity contribution in [2.75, 3.05) is 20.8 Å². The molecule has 0 atom stereocenters. The number of amides is 1. The van der Waals surface area contributed by atoms with Crippen LogP contribution in [0.15, 0.2) is 18.2 Å². The van der Waals surface area contributed by atoms with Crippen molar-refractivity contribution in [2.45, 2.75) is 13.3 Å². The average Bonchev–Trinajstić information content (AvgIpc) is 2.42. The third-order valence-electron chi connectivity index (χ3n) is 2.40. The summed E-state index contributed by atoms with van der Waals surface area (Å²) in [6.45, 7) is 2.53. The molecule has 18 heavy (non-hydrogen) atoms. The van der Waals surface area contributed by atoms with E-state index in [1.165, 1.54) is 14.2 Å². The number of ether oxygens (including phenoxy) is 2. The number of para-hydroxylation sites is 1. The maximum Gasteiger partial charge on any atom is 0.341 e. The predicted molar refractivity (Wildman–Crippen MR) is 67.0 cm³/mol. The number of carbonyl (C=O) groups excluding carboxylic acids is 2. The molecule has 0 saturated heterocycles. The lowest BCUT2D eigenvalue weighted by molar-refractivity contribution is 0.0597. The highest BCUT2D eigenvalue weighted by atomic mass is 16.5. The zero-order valence-corrected chi connectivity index (χ0v) is 10.8. The standard InChI is InChI=1S/C13H17NO4/c1-4-8-14-12(15)9-6-5-7-10(11(9)17-2)13(16)18-3/h5-7H,4,8H2,1-3H3,(H,14,15). The Labute approximate surface area is 106 Å². The first-order valence-electron chi connectivity index (χ1n) is 5.69. The number of hydrogen-bond donors (Lipinski definition) is 1. The molecule has 0 aliphatic carbocycles. The van der Waals surface area contributed by atoms with Gasteiger partial charge < -0.3 is 14.8 Å². The van der Waals surface area contributed by atoms with Gasteiger partial charge in [0.2, 0.25) is 0 Å². The van der Waals surface area contributed by atoms with Gasteiger partial charge in [0.1, 0.15) is 11.3 Å². The molecule has 0 aliphatic rings. The molecule has 0 bridgehead atoms. The third-order valence-corrected chi connectivity index (χ3v) is 2.40. The molecule has 0 aliphatic heterocycles. The fourth-order valence-corrected chi connectivity index (χ4v) is 1.54. The second kappa shape index (κ2) is 6.64. The van der Waals surface area contributed by atoms with Crippen LogP contribution in [0.5, 0.6) is 5.75 Å². The summed E-state index contributed by atoms with van der Waals surface area (Å²) >= 11 is 0. The molecule has 0 aromatic heterocycles. The van der Waals surface area contributed by atoms with E-state index in [1.807, 2.05) is 6.92 Å². The number of esters is 1. The summed E-state index contributed by atoms with van der Waals surface area (Å²) in [5, 5.41) is 2.74. The first kappa shape index (κ1) is 14.0. The fraction of sp³-hybridized carbons (Fsp3) is 0.385. The second-order valence-corrected chi connectivity index (χ2v) is 3.63. The number of rotatable bonds is 5. The molecule has 1 N–H and O–H groups in total. The van der Waals surface area contributed by atoms with Gasteiger partial charge in [-0.05, 0) is 18.6 Å². The summed E-state index contributed by atoms with van der Waals surface area (Å²) in [5.41, 5.74) is 0.568. The van der Waals surface area contributed by atoms with Crippen LogP contribution in [0.1, 0.15) is 34.1 Å². The van der Waals surface area contributed by atoms with E-state index in [1.54, 1.807) is 18.2 Å². The van der Waals surface area contributed by atoms with E-state index in [-0.39, 0.29) is 17.2 Å². The van der Waals surface area contributed by atoms with Crippen molar-refractivity contribution >= 4 is 11.9 Å². The molecule has 0 radical (unpaired) electrons. The van der Waals surface area contributed by atoms with Gasteiger partial charge in [0.05, 0.1) is 19.8 Å². The number of benzene rings is 1. The topological polar surface area (TPSA) is 64.6 Å². The molecule has 5 nitrogen and oxygen atoms in total. The van der Waals surface area contributed by atoms with Gasteiger partial charge >= 0.3 is 5.97 Å². The highest BCUT2D eigenvalue weighted by Gasteiger charge is 2.19. The maximum absolute atomic E-state index is 11.9. The largest absolute Gasteiger partial charge is 0.495 e. The van der Waals surface area contributed by atoms with Gasteiger partial charge in [0.15, 0.2) is 0 Å². The SMILES string of the molecule is CCCNC(=O)c1cccc(C(=O)OC)c1OC. The van der Waals surface area contributed by atoms with Gasteiger partial charge in [-0.15, -0.1) is 0 Å². The molecular formula is C13H17NO4. The van der Waals surface area contributed by atoms with Crippen LogP contribution < -0.4 is 10.1 Å². The Morgan fingerprint density at radius 3 is 2.44 bits per heavy atom. The molecule has 0 spiro atoms. The average molecular weight is 251 g/mol. The molecule has 1 aromatic carbocycles. The van der Waals surface area contributed by atoms with E-state index in [9.17, 15) is 9.59 Å². The molecule has 5 heteroatoms. The van der Waals surface area contributed by atoms with Crippen molar-refractivity contribution in [3.63, 3.8) is 0 Å². The minimum atomic E-state index is -0.531. The molecule has 1 rings (SSSR count). The van der Waals surface area contributed by atoms with E-state index in [0.717, 1.165) is 6.42 Å². The summed E-state index contributed by atoms with van der Waals surface area (Å²) in [5.74, 6) is -0.561. The molecule has 1 aromatic rings. The Morgan fingerprint density at radius 2 is 1.89 bits per heavy atom. The quantitative estimate of drug-likeness (QED) is 0.808. The summed E-state index contributed by atoms with van der Waals surface area (Å²) in [6, 6.07) is 4.78. The van der Waals surface area contributed by atoms with E-state index in [4.69, 9.17) is 4.74 Å². The molecule has 98 valence electrons. The number of hydrogen-bond acceptors (Lipinski definition) is 4. The second-order valence-electron chi connectivity index (χ2n) is 3.63. The molecule has 0 fully saturated rings. The first-order chi connectivity index (χ1) is 8.65. The minimum Gasteiger partial charge on any atom is -0.495 e. The Bertz CT molecular complexity index is 443. The lowest BCUT2D eigenvalue weighted by atomic mass is 10.1. The van der Waals surface area contributed by atoms with E-state index >= 15 is 0 Å². The van der Waals surface area contributed by atoms with Gasteiger partial charge in [-0.1, -0.05) is 13.0 Å². The molecule has 0 unspecified atom stereocenters. The summed E-state index contributed by atoms with van der Waals surface area (Å²) in [6.07, 6.45) is 0.838. The molecule has 1 amide bonds. The van der Waals surface area contributed by atoms with Crippen molar-refractivity contribution < 1.29 is 19.1 Å². The summed E-state index contributed by atoms with van der Waals surface area (Å²) in [7, 11) is 2.70. The van der Waals surface area contributed by atoms with Crippen LogP contribution in [0.25, 0.3) is 0 Å². The lowest BCUT2D eigenvalue weighted by Crippen LogP contribution is -2.25. The zero-order valence-electron chi connectivity index (χ0n) is 10.8. The van der Waals surface area contributed by atoms with Crippen LogP contribution in [-0.2, 0) is 4.74 Å². The van der Waals surface area contributed by atoms with Crippen molar-refractivity contribution in [2.24, 2.45) is 0 Å². The normalized spacial score (nSPS) is 9.72. The lowest BCUT2D eigenvalue weighted by Gasteiger charge is -2.12. The van der Waals surface area contributed by atoms with Gasteiger partial charge in [0.25, 0.3) is 5.91 Å². The van der Waals surface area contributed by atoms with Crippen LogP contribution in [-0.4, -0.2) is 32.6 Å². The van der Waals surface area contributed by atoms with Crippen LogP contribution in [0.2, 0.25) is 0 Å². The van der Waals surface area contributed by atoms with Crippen LogP contribution in [0, 0.1) is 0 Å². The number of methoxy groups -OCH3 is 2. The predicted octanol–water partition coefficient (Wildman–Crippen LogP) is 1.62. The van der Waals surface area contributed by atoms with Gasteiger partial charge in [-0.3, -0.25) is 4.79 Å². The Morgan fingerprint density at radius 1 is 1.22 bits per heavy atom. The summed E-state index contributed by atoms with van der Waals surface area (Å²) in [4.78, 5) is 23.5. The van der Waals surface area contributed by atoms with E-state index in [2.05, 4.69) is 10.1 Å². The van der Waals surface area contributed by atoms with Gasteiger partial charge in [0, 0.05) is 6.54 Å². The Hall–Kier alpha value is -2.04. The van der Waals surface area contributed by atoms with Crippen LogP contribution >= 0.6 is 0 Å². The van der Waals surface area contributed by atoms with Crippen molar-refractivity contribution in [1.29, 1.82) is 0 Å². The number of nitrogens with one attached hydrogen (secondary N) is 1. The maximum atomic E-state index is 11.9. The zero-order chi connectivity index (χ0) is 13.5. The molecular weight excluding hydrogens is 234 g/mol. The van der Waals surface area contributed by atoms with Gasteiger partial charge in [-0.2, -0.15) is 0 Å². The fourth-order valence-electron chi connectivity index (χ4n) is 1.54. The molecule has 0 saturated carbocycles. The Kier molecular flexibility index (Phi) is 5.17. The first-order valence-corrected chi connectivity index (χ1v) is 5.69. The van der Waals surface area contributed by atoms with Crippen LogP contribution in [0.3, 0.4) is 0 Å². The van der Waals surface area contributed by atoms with Crippen molar-refractivity contribution in [3.05, 3.63) is 29.3 Å². The third kappa shape index (κ3) is 3.00. The number of carbonyl (C=O) groups is 2. The monoisotopic (exact) mass is 251 g/mol. The van der Waals surface area contributed by atoms with Crippen molar-refractivity contribution in [1.82, 2.24) is 5.32 Å². The van der Waals surface area contributed by atoms with Crippen LogP contribution in [0.4, 0.5) is 0 Å². The Balaban J connectivity index is 3.12. The van der Waals surface area contributed by atoms with E-state index < -0.39 is 5.97 Å². The summed E-state index contributed by atoms with van der Waals surface area (Å²) < 4.78 is 9.78. The van der Waals surface area contributed by atoms with Crippen molar-refractivity contribution in [3.8, 4) is 5.75 Å². The minimum absolute atomic E-state index is 0.234. The highest BCUT2D eigenvalue weighted by Crippen LogP contribution is 2.24. The molecule has 0 heterocycles. The van der Waals surface area contributed by atoms with Gasteiger partial charge in [-0.25, -0.2) is 4.79 Å². The smallest absolute Gasteiger partial charge is 0.341 e.